The second kappa shape index (κ2) is 7.41. The molecule has 3 N–H and O–H groups in total. The van der Waals surface area contributed by atoms with E-state index < -0.39 is 11.8 Å². The van der Waals surface area contributed by atoms with Crippen molar-refractivity contribution in [2.24, 2.45) is 5.92 Å². The molecular weight excluding hydrogens is 346 g/mol. The molecule has 0 aromatic heterocycles. The molecule has 1 aliphatic rings. The van der Waals surface area contributed by atoms with Gasteiger partial charge < -0.3 is 10.6 Å². The summed E-state index contributed by atoms with van der Waals surface area (Å²) in [6.45, 7) is 3.93. The van der Waals surface area contributed by atoms with Crippen molar-refractivity contribution in [3.05, 3.63) is 59.2 Å². The van der Waals surface area contributed by atoms with Crippen molar-refractivity contribution >= 4 is 35.0 Å². The van der Waals surface area contributed by atoms with Crippen LogP contribution >= 0.6 is 0 Å². The highest BCUT2D eigenvalue weighted by atomic mass is 16.2. The van der Waals surface area contributed by atoms with Crippen molar-refractivity contribution in [3.8, 4) is 0 Å². The summed E-state index contributed by atoms with van der Waals surface area (Å²) in [6, 6.07) is 11.0. The zero-order valence-electron chi connectivity index (χ0n) is 15.0. The van der Waals surface area contributed by atoms with Crippen molar-refractivity contribution in [3.63, 3.8) is 0 Å². The molecule has 7 heteroatoms. The third kappa shape index (κ3) is 4.20. The minimum Gasteiger partial charge on any atom is -0.326 e. The van der Waals surface area contributed by atoms with Crippen molar-refractivity contribution in [1.29, 1.82) is 0 Å². The summed E-state index contributed by atoms with van der Waals surface area (Å²) in [5.74, 6) is -1.09. The molecule has 0 spiro atoms. The van der Waals surface area contributed by atoms with Gasteiger partial charge in [-0.3, -0.25) is 24.5 Å². The van der Waals surface area contributed by atoms with Gasteiger partial charge in [-0.05, 0) is 48.4 Å². The average Bonchev–Trinajstić information content (AvgIpc) is 2.88. The number of anilines is 2. The Morgan fingerprint density at radius 3 is 2.19 bits per heavy atom. The van der Waals surface area contributed by atoms with E-state index in [4.69, 9.17) is 0 Å². The molecule has 138 valence electrons. The van der Waals surface area contributed by atoms with Crippen LogP contribution in [0.3, 0.4) is 0 Å². The Balaban J connectivity index is 1.67. The molecule has 0 atom stereocenters. The van der Waals surface area contributed by atoms with Gasteiger partial charge in [0.15, 0.2) is 0 Å². The molecule has 0 fully saturated rings. The Kier molecular flexibility index (Phi) is 5.03. The van der Waals surface area contributed by atoms with Gasteiger partial charge in [-0.25, -0.2) is 0 Å². The van der Waals surface area contributed by atoms with Crippen LogP contribution in [0.4, 0.5) is 11.4 Å². The van der Waals surface area contributed by atoms with Crippen LogP contribution in [0.5, 0.6) is 0 Å². The van der Waals surface area contributed by atoms with E-state index in [9.17, 15) is 19.2 Å². The normalized spacial score (nSPS) is 12.6. The molecule has 0 unspecified atom stereocenters. The van der Waals surface area contributed by atoms with Gasteiger partial charge >= 0.3 is 0 Å². The lowest BCUT2D eigenvalue weighted by Crippen LogP contribution is -2.19. The maximum Gasteiger partial charge on any atom is 0.259 e. The van der Waals surface area contributed by atoms with E-state index in [1.54, 1.807) is 30.3 Å². The number of rotatable bonds is 5. The number of amides is 4. The molecule has 0 saturated heterocycles. The summed E-state index contributed by atoms with van der Waals surface area (Å²) in [5, 5.41) is 7.67. The summed E-state index contributed by atoms with van der Waals surface area (Å²) >= 11 is 0. The predicted molar refractivity (Wildman–Crippen MR) is 101 cm³/mol. The first kappa shape index (κ1) is 18.3. The van der Waals surface area contributed by atoms with E-state index >= 15 is 0 Å². The zero-order chi connectivity index (χ0) is 19.6. The molecule has 1 heterocycles. The molecule has 1 aliphatic heterocycles. The van der Waals surface area contributed by atoms with Gasteiger partial charge in [0.2, 0.25) is 5.91 Å². The molecule has 2 aromatic rings. The fourth-order valence-corrected chi connectivity index (χ4v) is 2.74. The first-order chi connectivity index (χ1) is 12.8. The maximum atomic E-state index is 12.4. The van der Waals surface area contributed by atoms with Crippen LogP contribution in [0, 0.1) is 5.92 Å². The fourth-order valence-electron chi connectivity index (χ4n) is 2.74. The van der Waals surface area contributed by atoms with Crippen LogP contribution < -0.4 is 16.0 Å². The van der Waals surface area contributed by atoms with E-state index in [-0.39, 0.29) is 23.3 Å². The van der Waals surface area contributed by atoms with E-state index in [1.807, 2.05) is 13.8 Å². The Morgan fingerprint density at radius 1 is 0.889 bits per heavy atom. The summed E-state index contributed by atoms with van der Waals surface area (Å²) in [6.07, 6.45) is 0.427. The van der Waals surface area contributed by atoms with E-state index in [0.717, 1.165) is 0 Å². The topological polar surface area (TPSA) is 104 Å². The van der Waals surface area contributed by atoms with Crippen molar-refractivity contribution in [2.45, 2.75) is 20.3 Å². The van der Waals surface area contributed by atoms with E-state index in [1.165, 1.54) is 12.1 Å². The lowest BCUT2D eigenvalue weighted by atomic mass is 10.1. The van der Waals surface area contributed by atoms with Gasteiger partial charge in [0.05, 0.1) is 11.1 Å². The lowest BCUT2D eigenvalue weighted by Gasteiger charge is -2.09. The number of benzene rings is 2. The van der Waals surface area contributed by atoms with E-state index in [0.29, 0.717) is 28.9 Å². The molecular formula is C20H19N3O4. The average molecular weight is 365 g/mol. The minimum absolute atomic E-state index is 0.0758. The summed E-state index contributed by atoms with van der Waals surface area (Å²) < 4.78 is 0. The van der Waals surface area contributed by atoms with Crippen molar-refractivity contribution in [2.75, 3.05) is 10.6 Å². The molecule has 2 aromatic carbocycles. The standard InChI is InChI=1S/C20H19N3O4/c1-11(2)9-17(24)21-13-5-3-12(4-6-13)18(25)22-14-7-8-15-16(10-14)20(27)23-19(15)26/h3-8,10-11H,9H2,1-2H3,(H,21,24)(H,22,25)(H,23,26,27). The van der Waals surface area contributed by atoms with E-state index in [2.05, 4.69) is 16.0 Å². The van der Waals surface area contributed by atoms with Gasteiger partial charge in [-0.15, -0.1) is 0 Å². The zero-order valence-corrected chi connectivity index (χ0v) is 15.0. The Bertz CT molecular complexity index is 933. The molecule has 3 rings (SSSR count). The molecule has 0 radical (unpaired) electrons. The second-order valence-electron chi connectivity index (χ2n) is 6.72. The largest absolute Gasteiger partial charge is 0.326 e. The monoisotopic (exact) mass is 365 g/mol. The highest BCUT2D eigenvalue weighted by molar-refractivity contribution is 6.22. The first-order valence-electron chi connectivity index (χ1n) is 8.54. The first-order valence-corrected chi connectivity index (χ1v) is 8.54. The third-order valence-electron chi connectivity index (χ3n) is 4.02. The van der Waals surface area contributed by atoms with Gasteiger partial charge in [0, 0.05) is 23.4 Å². The Labute approximate surface area is 156 Å². The quantitative estimate of drug-likeness (QED) is 0.709. The number of carbonyl (C=O) groups excluding carboxylic acids is 4. The number of nitrogens with one attached hydrogen (secondary N) is 3. The molecule has 0 saturated carbocycles. The highest BCUT2D eigenvalue weighted by Crippen LogP contribution is 2.21. The molecule has 0 aliphatic carbocycles. The number of imide groups is 1. The number of hydrogen-bond donors (Lipinski definition) is 3. The van der Waals surface area contributed by atoms with Crippen LogP contribution in [0.2, 0.25) is 0 Å². The second-order valence-corrected chi connectivity index (χ2v) is 6.72. The van der Waals surface area contributed by atoms with Crippen LogP contribution in [0.25, 0.3) is 0 Å². The highest BCUT2D eigenvalue weighted by Gasteiger charge is 2.26. The molecule has 27 heavy (non-hydrogen) atoms. The SMILES string of the molecule is CC(C)CC(=O)Nc1ccc(C(=O)Nc2ccc3c(c2)C(=O)NC3=O)cc1. The summed E-state index contributed by atoms with van der Waals surface area (Å²) in [4.78, 5) is 47.4. The predicted octanol–water partition coefficient (Wildman–Crippen LogP) is 2.81. The Morgan fingerprint density at radius 2 is 1.52 bits per heavy atom. The fraction of sp³-hybridized carbons (Fsp3) is 0.200. The molecule has 7 nitrogen and oxygen atoms in total. The minimum atomic E-state index is -0.479. The van der Waals surface area contributed by atoms with Crippen molar-refractivity contribution in [1.82, 2.24) is 5.32 Å². The number of fused-ring (bicyclic) bond motifs is 1. The number of hydrogen-bond acceptors (Lipinski definition) is 4. The lowest BCUT2D eigenvalue weighted by molar-refractivity contribution is -0.116. The molecule has 4 amide bonds. The van der Waals surface area contributed by atoms with Crippen LogP contribution in [0.15, 0.2) is 42.5 Å². The summed E-state index contributed by atoms with van der Waals surface area (Å²) in [5.41, 5.74) is 1.96. The Hall–Kier alpha value is -3.48. The van der Waals surface area contributed by atoms with Gasteiger partial charge in [0.25, 0.3) is 17.7 Å². The van der Waals surface area contributed by atoms with Gasteiger partial charge in [0.1, 0.15) is 0 Å². The third-order valence-corrected chi connectivity index (χ3v) is 4.02. The smallest absolute Gasteiger partial charge is 0.259 e. The van der Waals surface area contributed by atoms with Crippen LogP contribution in [-0.2, 0) is 4.79 Å². The van der Waals surface area contributed by atoms with Gasteiger partial charge in [-0.1, -0.05) is 13.8 Å². The molecule has 0 bridgehead atoms. The maximum absolute atomic E-state index is 12.4. The number of carbonyl (C=O) groups is 4. The van der Waals surface area contributed by atoms with Crippen LogP contribution in [-0.4, -0.2) is 23.6 Å². The van der Waals surface area contributed by atoms with Crippen molar-refractivity contribution < 1.29 is 19.2 Å². The summed E-state index contributed by atoms with van der Waals surface area (Å²) in [7, 11) is 0. The van der Waals surface area contributed by atoms with Crippen LogP contribution in [0.1, 0.15) is 51.3 Å². The van der Waals surface area contributed by atoms with Gasteiger partial charge in [-0.2, -0.15) is 0 Å².